The number of hydrogen-bond acceptors (Lipinski definition) is 10. The van der Waals surface area contributed by atoms with Crippen LogP contribution in [0.3, 0.4) is 0 Å². The minimum atomic E-state index is -3.85. The van der Waals surface area contributed by atoms with Crippen LogP contribution in [0.15, 0.2) is 30.5 Å². The molecule has 262 valence electrons. The molecule has 0 radical (unpaired) electrons. The first kappa shape index (κ1) is 35.1. The molecule has 1 aliphatic heterocycles. The predicted octanol–water partition coefficient (Wildman–Crippen LogP) is 1.71. The molecule has 1 saturated heterocycles. The van der Waals surface area contributed by atoms with Gasteiger partial charge in [-0.3, -0.25) is 23.9 Å². The summed E-state index contributed by atoms with van der Waals surface area (Å²) in [5.41, 5.74) is -2.23. The Morgan fingerprint density at radius 3 is 2.40 bits per heavy atom. The molecule has 15 nitrogen and oxygen atoms in total. The Morgan fingerprint density at radius 1 is 1.12 bits per heavy atom. The lowest BCUT2D eigenvalue weighted by Gasteiger charge is -2.36. The van der Waals surface area contributed by atoms with Crippen molar-refractivity contribution in [3.8, 4) is 11.6 Å². The van der Waals surface area contributed by atoms with E-state index in [1.807, 2.05) is 18.2 Å². The second-order valence-corrected chi connectivity index (χ2v) is 15.8. The largest absolute Gasteiger partial charge is 0.497 e. The van der Waals surface area contributed by atoms with Crippen molar-refractivity contribution in [2.24, 2.45) is 11.3 Å². The van der Waals surface area contributed by atoms with E-state index in [1.165, 1.54) is 19.1 Å². The Balaban J connectivity index is 1.43. The number of rotatable bonds is 11. The normalized spacial score (nSPS) is 24.4. The zero-order chi connectivity index (χ0) is 35.2. The number of nitrogens with one attached hydrogen (secondary N) is 3. The van der Waals surface area contributed by atoms with E-state index in [0.717, 1.165) is 10.4 Å². The van der Waals surface area contributed by atoms with E-state index in [4.69, 9.17) is 14.3 Å². The number of likely N-dealkylation sites (tertiary alicyclic amines) is 1. The molecule has 3 N–H and O–H groups in total. The summed E-state index contributed by atoms with van der Waals surface area (Å²) in [6.45, 7) is 7.05. The molecule has 3 aliphatic rings. The molecule has 5 amide bonds. The maximum Gasteiger partial charge on any atom is 0.341 e. The van der Waals surface area contributed by atoms with Gasteiger partial charge in [-0.25, -0.2) is 23.3 Å². The SMILES string of the molecule is COc1ccc2c(O[C@@H]3C[C@@H](C(=O)N[C@]4(C(=O)NS(=O)(=O)C5CC5)C[C@H]4C)N(C(=O)[C@@H](NC(=O)N(C)OC)C(C)(C)C)C3)nccc2c1. The van der Waals surface area contributed by atoms with Crippen molar-refractivity contribution >= 4 is 44.5 Å². The van der Waals surface area contributed by atoms with Crippen molar-refractivity contribution in [3.05, 3.63) is 30.5 Å². The zero-order valence-corrected chi connectivity index (χ0v) is 29.0. The van der Waals surface area contributed by atoms with E-state index in [0.29, 0.717) is 29.9 Å². The Kier molecular flexibility index (Phi) is 9.54. The highest BCUT2D eigenvalue weighted by atomic mass is 32.2. The Labute approximate surface area is 280 Å². The lowest BCUT2D eigenvalue weighted by molar-refractivity contribution is -0.143. The van der Waals surface area contributed by atoms with Crippen LogP contribution in [-0.2, 0) is 29.2 Å². The van der Waals surface area contributed by atoms with Crippen LogP contribution in [0.1, 0.15) is 53.4 Å². The summed E-state index contributed by atoms with van der Waals surface area (Å²) < 4.78 is 39.0. The summed E-state index contributed by atoms with van der Waals surface area (Å²) in [5, 5.41) is 7.34. The van der Waals surface area contributed by atoms with Gasteiger partial charge in [0.05, 0.1) is 26.0 Å². The third-order valence-corrected chi connectivity index (χ3v) is 11.1. The molecule has 1 aromatic carbocycles. The van der Waals surface area contributed by atoms with E-state index in [-0.39, 0.29) is 25.3 Å². The molecule has 2 aliphatic carbocycles. The molecular weight excluding hydrogens is 644 g/mol. The fraction of sp³-hybridized carbons (Fsp3) is 0.594. The molecule has 5 rings (SSSR count). The molecular formula is C32H44N6O9S. The van der Waals surface area contributed by atoms with Crippen LogP contribution in [-0.4, -0.2) is 104 Å². The van der Waals surface area contributed by atoms with Gasteiger partial charge in [0.2, 0.25) is 27.7 Å². The number of carbonyl (C=O) groups excluding carboxylic acids is 4. The number of hydroxylamine groups is 2. The molecule has 48 heavy (non-hydrogen) atoms. The van der Waals surface area contributed by atoms with Crippen molar-refractivity contribution in [3.63, 3.8) is 0 Å². The van der Waals surface area contributed by atoms with Crippen LogP contribution in [0, 0.1) is 11.3 Å². The van der Waals surface area contributed by atoms with Crippen LogP contribution in [0.25, 0.3) is 10.8 Å². The molecule has 3 fully saturated rings. The van der Waals surface area contributed by atoms with E-state index in [9.17, 15) is 27.6 Å². The van der Waals surface area contributed by atoms with Crippen molar-refractivity contribution in [1.82, 2.24) is 30.3 Å². The van der Waals surface area contributed by atoms with Gasteiger partial charge in [0.25, 0.3) is 5.91 Å². The van der Waals surface area contributed by atoms with E-state index >= 15 is 0 Å². The maximum absolute atomic E-state index is 14.3. The number of aromatic nitrogens is 1. The predicted molar refractivity (Wildman–Crippen MR) is 174 cm³/mol. The minimum Gasteiger partial charge on any atom is -0.497 e. The van der Waals surface area contributed by atoms with Gasteiger partial charge in [0, 0.05) is 25.1 Å². The van der Waals surface area contributed by atoms with Gasteiger partial charge < -0.3 is 25.0 Å². The molecule has 0 spiro atoms. The van der Waals surface area contributed by atoms with Crippen LogP contribution >= 0.6 is 0 Å². The first-order chi connectivity index (χ1) is 22.5. The number of fused-ring (bicyclic) bond motifs is 1. The van der Waals surface area contributed by atoms with Crippen LogP contribution < -0.4 is 24.8 Å². The summed E-state index contributed by atoms with van der Waals surface area (Å²) in [6.07, 6.45) is 2.12. The Hall–Kier alpha value is -4.18. The summed E-state index contributed by atoms with van der Waals surface area (Å²) in [4.78, 5) is 65.2. The summed E-state index contributed by atoms with van der Waals surface area (Å²) in [7, 11) is 0.426. The first-order valence-electron chi connectivity index (χ1n) is 15.9. The molecule has 2 saturated carbocycles. The maximum atomic E-state index is 14.3. The second kappa shape index (κ2) is 13.0. The standard InChI is InChI=1S/C32H44N6O9S/c1-18-16-32(18,29(41)36-48(43,44)22-9-10-22)35-26(39)24-15-21(47-27-23-11-8-20(45-6)14-19(23)12-13-33-27)17-38(24)28(40)25(31(2,3)4)34-30(42)37(5)46-7/h8,11-14,18,21-22,24-25H,9-10,15-17H2,1-7H3,(H,34,42)(H,35,39)(H,36,41)/t18-,21-,24+,25-,32-/m1/s1. The number of benzene rings is 1. The van der Waals surface area contributed by atoms with Crippen molar-refractivity contribution in [2.75, 3.05) is 27.8 Å². The minimum absolute atomic E-state index is 0.0292. The van der Waals surface area contributed by atoms with Gasteiger partial charge in [0.1, 0.15) is 29.5 Å². The fourth-order valence-electron chi connectivity index (χ4n) is 5.95. The number of ether oxygens (including phenoxy) is 2. The monoisotopic (exact) mass is 688 g/mol. The van der Waals surface area contributed by atoms with E-state index < -0.39 is 68.2 Å². The topological polar surface area (TPSA) is 186 Å². The Morgan fingerprint density at radius 2 is 1.81 bits per heavy atom. The average Bonchev–Trinajstić information content (AvgIpc) is 3.95. The highest BCUT2D eigenvalue weighted by Crippen LogP contribution is 2.44. The molecule has 1 aromatic heterocycles. The van der Waals surface area contributed by atoms with Gasteiger partial charge in [-0.05, 0) is 60.2 Å². The number of sulfonamides is 1. The lowest BCUT2D eigenvalue weighted by Crippen LogP contribution is -2.60. The summed E-state index contributed by atoms with van der Waals surface area (Å²) in [5.74, 6) is -1.36. The van der Waals surface area contributed by atoms with Crippen molar-refractivity contribution in [2.45, 2.75) is 82.4 Å². The number of pyridine rings is 1. The lowest BCUT2D eigenvalue weighted by atomic mass is 9.85. The second-order valence-electron chi connectivity index (χ2n) is 13.9. The number of hydrogen-bond donors (Lipinski definition) is 3. The van der Waals surface area contributed by atoms with E-state index in [2.05, 4.69) is 20.3 Å². The van der Waals surface area contributed by atoms with Gasteiger partial charge >= 0.3 is 6.03 Å². The fourth-order valence-corrected chi connectivity index (χ4v) is 7.31. The van der Waals surface area contributed by atoms with Crippen LogP contribution in [0.4, 0.5) is 4.79 Å². The number of amides is 5. The van der Waals surface area contributed by atoms with Crippen LogP contribution in [0.2, 0.25) is 0 Å². The van der Waals surface area contributed by atoms with Crippen molar-refractivity contribution < 1.29 is 41.9 Å². The summed E-state index contributed by atoms with van der Waals surface area (Å²) in [6, 6.07) is 4.37. The third-order valence-electron chi connectivity index (χ3n) is 9.26. The molecule has 2 heterocycles. The van der Waals surface area contributed by atoms with Gasteiger partial charge in [-0.15, -0.1) is 0 Å². The van der Waals surface area contributed by atoms with Crippen molar-refractivity contribution in [1.29, 1.82) is 0 Å². The number of carbonyl (C=O) groups is 4. The molecule has 16 heteroatoms. The molecule has 2 aromatic rings. The van der Waals surface area contributed by atoms with E-state index in [1.54, 1.807) is 47.1 Å². The average molecular weight is 689 g/mol. The molecule has 0 bridgehead atoms. The Bertz CT molecular complexity index is 1710. The van der Waals surface area contributed by atoms with Gasteiger partial charge in [-0.2, -0.15) is 0 Å². The van der Waals surface area contributed by atoms with Gasteiger partial charge in [-0.1, -0.05) is 27.7 Å². The molecule has 5 atom stereocenters. The number of methoxy groups -OCH3 is 1. The third kappa shape index (κ3) is 7.14. The number of urea groups is 1. The van der Waals surface area contributed by atoms with Gasteiger partial charge in [0.15, 0.2) is 0 Å². The first-order valence-corrected chi connectivity index (χ1v) is 17.4. The summed E-state index contributed by atoms with van der Waals surface area (Å²) >= 11 is 0. The number of nitrogens with zero attached hydrogens (tertiary/aromatic N) is 3. The smallest absolute Gasteiger partial charge is 0.341 e. The zero-order valence-electron chi connectivity index (χ0n) is 28.2. The highest BCUT2D eigenvalue weighted by molar-refractivity contribution is 7.91. The van der Waals surface area contributed by atoms with Crippen LogP contribution in [0.5, 0.6) is 11.6 Å². The quantitative estimate of drug-likeness (QED) is 0.294. The highest BCUT2D eigenvalue weighted by Gasteiger charge is 2.61. The molecule has 0 unspecified atom stereocenters.